The first-order valence-corrected chi connectivity index (χ1v) is 6.22. The summed E-state index contributed by atoms with van der Waals surface area (Å²) in [5.74, 6) is 0.974. The lowest BCUT2D eigenvalue weighted by molar-refractivity contribution is 0.130. The van der Waals surface area contributed by atoms with Gasteiger partial charge in [0, 0.05) is 31.7 Å². The minimum absolute atomic E-state index is 0.708. The quantitative estimate of drug-likeness (QED) is 0.705. The number of ether oxygens (including phenoxy) is 2. The molecular formula is C14H23NO2. The van der Waals surface area contributed by atoms with E-state index in [2.05, 4.69) is 24.4 Å². The van der Waals surface area contributed by atoms with Gasteiger partial charge >= 0.3 is 0 Å². The van der Waals surface area contributed by atoms with E-state index in [9.17, 15) is 0 Å². The highest BCUT2D eigenvalue weighted by Gasteiger charge is 2.03. The molecule has 0 aliphatic heterocycles. The van der Waals surface area contributed by atoms with E-state index < -0.39 is 0 Å². The number of hydrogen-bond acceptors (Lipinski definition) is 3. The monoisotopic (exact) mass is 237 g/mol. The van der Waals surface area contributed by atoms with Crippen LogP contribution in [0.2, 0.25) is 0 Å². The Morgan fingerprint density at radius 2 is 2.06 bits per heavy atom. The van der Waals surface area contributed by atoms with Gasteiger partial charge in [-0.25, -0.2) is 0 Å². The molecule has 3 heteroatoms. The first-order chi connectivity index (χ1) is 8.27. The van der Waals surface area contributed by atoms with E-state index in [-0.39, 0.29) is 0 Å². The molecule has 1 rings (SSSR count). The Labute approximate surface area is 104 Å². The summed E-state index contributed by atoms with van der Waals surface area (Å²) in [7, 11) is 1.95. The van der Waals surface area contributed by atoms with Crippen LogP contribution in [0.15, 0.2) is 18.2 Å². The van der Waals surface area contributed by atoms with Crippen LogP contribution in [0.1, 0.15) is 24.5 Å². The summed E-state index contributed by atoms with van der Waals surface area (Å²) in [6, 6.07) is 6.29. The molecule has 96 valence electrons. The molecule has 1 aromatic carbocycles. The van der Waals surface area contributed by atoms with Crippen molar-refractivity contribution in [2.24, 2.45) is 0 Å². The maximum absolute atomic E-state index is 5.77. The summed E-state index contributed by atoms with van der Waals surface area (Å²) in [5, 5.41) is 3.16. The molecule has 0 aliphatic carbocycles. The summed E-state index contributed by atoms with van der Waals surface area (Å²) in [4.78, 5) is 0. The molecule has 0 atom stereocenters. The molecule has 1 aromatic rings. The van der Waals surface area contributed by atoms with Crippen LogP contribution in [-0.2, 0) is 11.3 Å². The standard InChI is InChI=1S/C14H23NO2/c1-4-16-8-5-9-17-14-7-6-12(2)10-13(14)11-15-3/h6-7,10,15H,4-5,8-9,11H2,1-3H3. The maximum atomic E-state index is 5.77. The summed E-state index contributed by atoms with van der Waals surface area (Å²) in [6.07, 6.45) is 0.931. The van der Waals surface area contributed by atoms with Crippen LogP contribution in [0.3, 0.4) is 0 Å². The predicted octanol–water partition coefficient (Wildman–Crippen LogP) is 2.52. The molecule has 0 unspecified atom stereocenters. The largest absolute Gasteiger partial charge is 0.493 e. The van der Waals surface area contributed by atoms with Crippen molar-refractivity contribution in [3.63, 3.8) is 0 Å². The second-order valence-electron chi connectivity index (χ2n) is 4.04. The fraction of sp³-hybridized carbons (Fsp3) is 0.571. The van der Waals surface area contributed by atoms with E-state index >= 15 is 0 Å². The third-order valence-corrected chi connectivity index (χ3v) is 2.48. The average Bonchev–Trinajstić information content (AvgIpc) is 2.32. The number of benzene rings is 1. The maximum Gasteiger partial charge on any atom is 0.123 e. The predicted molar refractivity (Wildman–Crippen MR) is 70.5 cm³/mol. The van der Waals surface area contributed by atoms with E-state index in [0.717, 1.165) is 31.9 Å². The van der Waals surface area contributed by atoms with Crippen LogP contribution in [0, 0.1) is 6.92 Å². The highest BCUT2D eigenvalue weighted by Crippen LogP contribution is 2.20. The lowest BCUT2D eigenvalue weighted by atomic mass is 10.1. The molecule has 0 saturated carbocycles. The number of rotatable bonds is 8. The van der Waals surface area contributed by atoms with Crippen LogP contribution in [0.4, 0.5) is 0 Å². The van der Waals surface area contributed by atoms with Crippen LogP contribution in [-0.4, -0.2) is 26.9 Å². The zero-order valence-corrected chi connectivity index (χ0v) is 11.1. The van der Waals surface area contributed by atoms with Gasteiger partial charge in [0.05, 0.1) is 6.61 Å². The molecule has 0 aliphatic rings. The number of hydrogen-bond donors (Lipinski definition) is 1. The Kier molecular flexibility index (Phi) is 6.67. The van der Waals surface area contributed by atoms with Crippen molar-refractivity contribution in [1.82, 2.24) is 5.32 Å². The number of aryl methyl sites for hydroxylation is 1. The second kappa shape index (κ2) is 8.09. The van der Waals surface area contributed by atoms with Gasteiger partial charge in [0.1, 0.15) is 5.75 Å². The van der Waals surface area contributed by atoms with Crippen molar-refractivity contribution in [2.45, 2.75) is 26.8 Å². The summed E-state index contributed by atoms with van der Waals surface area (Å²) in [6.45, 7) is 7.19. The Balaban J connectivity index is 2.45. The van der Waals surface area contributed by atoms with E-state index in [4.69, 9.17) is 9.47 Å². The molecule has 3 nitrogen and oxygen atoms in total. The van der Waals surface area contributed by atoms with E-state index in [1.807, 2.05) is 20.0 Å². The van der Waals surface area contributed by atoms with Crippen molar-refractivity contribution >= 4 is 0 Å². The van der Waals surface area contributed by atoms with E-state index in [1.165, 1.54) is 11.1 Å². The highest BCUT2D eigenvalue weighted by molar-refractivity contribution is 5.36. The van der Waals surface area contributed by atoms with Gasteiger partial charge in [-0.1, -0.05) is 17.7 Å². The zero-order chi connectivity index (χ0) is 12.5. The Hall–Kier alpha value is -1.06. The molecule has 0 radical (unpaired) electrons. The minimum atomic E-state index is 0.708. The van der Waals surface area contributed by atoms with Gasteiger partial charge in [0.25, 0.3) is 0 Å². The topological polar surface area (TPSA) is 30.5 Å². The van der Waals surface area contributed by atoms with Crippen molar-refractivity contribution in [3.8, 4) is 5.75 Å². The SMILES string of the molecule is CCOCCCOc1ccc(C)cc1CNC. The molecule has 0 bridgehead atoms. The van der Waals surface area contributed by atoms with Crippen LogP contribution in [0.5, 0.6) is 5.75 Å². The molecule has 0 saturated heterocycles. The van der Waals surface area contributed by atoms with Gasteiger partial charge < -0.3 is 14.8 Å². The van der Waals surface area contributed by atoms with Gasteiger partial charge in [-0.15, -0.1) is 0 Å². The summed E-state index contributed by atoms with van der Waals surface area (Å²) in [5.41, 5.74) is 2.47. The van der Waals surface area contributed by atoms with Gasteiger partial charge in [0.2, 0.25) is 0 Å². The molecule has 17 heavy (non-hydrogen) atoms. The molecule has 1 N–H and O–H groups in total. The highest BCUT2D eigenvalue weighted by atomic mass is 16.5. The normalized spacial score (nSPS) is 10.5. The van der Waals surface area contributed by atoms with Gasteiger partial charge in [0.15, 0.2) is 0 Å². The van der Waals surface area contributed by atoms with Gasteiger partial charge in [-0.2, -0.15) is 0 Å². The molecule has 0 spiro atoms. The van der Waals surface area contributed by atoms with Crippen LogP contribution >= 0.6 is 0 Å². The molecule has 0 heterocycles. The van der Waals surface area contributed by atoms with E-state index in [0.29, 0.717) is 6.61 Å². The molecule has 0 fully saturated rings. The van der Waals surface area contributed by atoms with E-state index in [1.54, 1.807) is 0 Å². The first kappa shape index (κ1) is 14.0. The van der Waals surface area contributed by atoms with Crippen molar-refractivity contribution in [3.05, 3.63) is 29.3 Å². The Morgan fingerprint density at radius 3 is 2.76 bits per heavy atom. The third-order valence-electron chi connectivity index (χ3n) is 2.48. The van der Waals surface area contributed by atoms with Gasteiger partial charge in [-0.3, -0.25) is 0 Å². The fourth-order valence-corrected chi connectivity index (χ4v) is 1.67. The molecular weight excluding hydrogens is 214 g/mol. The lowest BCUT2D eigenvalue weighted by Crippen LogP contribution is -2.09. The van der Waals surface area contributed by atoms with Crippen molar-refractivity contribution in [2.75, 3.05) is 26.9 Å². The second-order valence-corrected chi connectivity index (χ2v) is 4.04. The van der Waals surface area contributed by atoms with Crippen molar-refractivity contribution < 1.29 is 9.47 Å². The minimum Gasteiger partial charge on any atom is -0.493 e. The Bertz CT molecular complexity index is 326. The molecule has 0 aromatic heterocycles. The zero-order valence-electron chi connectivity index (χ0n) is 11.1. The van der Waals surface area contributed by atoms with Crippen LogP contribution in [0.25, 0.3) is 0 Å². The first-order valence-electron chi connectivity index (χ1n) is 6.22. The van der Waals surface area contributed by atoms with Crippen molar-refractivity contribution in [1.29, 1.82) is 0 Å². The smallest absolute Gasteiger partial charge is 0.123 e. The van der Waals surface area contributed by atoms with Crippen LogP contribution < -0.4 is 10.1 Å². The summed E-state index contributed by atoms with van der Waals surface area (Å²) >= 11 is 0. The Morgan fingerprint density at radius 1 is 1.24 bits per heavy atom. The lowest BCUT2D eigenvalue weighted by Gasteiger charge is -2.12. The van der Waals surface area contributed by atoms with Gasteiger partial charge in [-0.05, 0) is 27.0 Å². The summed E-state index contributed by atoms with van der Waals surface area (Å²) < 4.78 is 11.0. The molecule has 0 amide bonds. The average molecular weight is 237 g/mol. The fourth-order valence-electron chi connectivity index (χ4n) is 1.67. The third kappa shape index (κ3) is 5.20. The number of nitrogens with one attached hydrogen (secondary N) is 1.